The van der Waals surface area contributed by atoms with Crippen LogP contribution < -0.4 is 4.74 Å². The lowest BCUT2D eigenvalue weighted by molar-refractivity contribution is 0.133. The lowest BCUT2D eigenvalue weighted by atomic mass is 9.78. The highest BCUT2D eigenvalue weighted by Crippen LogP contribution is 2.50. The first-order valence-corrected chi connectivity index (χ1v) is 12.5. The largest absolute Gasteiger partial charge is 0.493 e. The minimum atomic E-state index is 0.160. The molecule has 2 fully saturated rings. The summed E-state index contributed by atoms with van der Waals surface area (Å²) in [5.41, 5.74) is 5.93. The Labute approximate surface area is 195 Å². The summed E-state index contributed by atoms with van der Waals surface area (Å²) in [5.74, 6) is 3.82. The number of hydrogen-bond acceptors (Lipinski definition) is 2. The maximum absolute atomic E-state index is 6.17. The predicted octanol–water partition coefficient (Wildman–Crippen LogP) is 8.31. The Morgan fingerprint density at radius 3 is 2.12 bits per heavy atom. The molecule has 32 heavy (non-hydrogen) atoms. The van der Waals surface area contributed by atoms with E-state index in [4.69, 9.17) is 9.47 Å². The molecule has 0 aromatic heterocycles. The number of ether oxygens (including phenoxy) is 2. The molecule has 2 saturated carbocycles. The van der Waals surface area contributed by atoms with Crippen LogP contribution in [0.1, 0.15) is 90.7 Å². The van der Waals surface area contributed by atoms with Crippen LogP contribution in [-0.4, -0.2) is 13.2 Å². The predicted molar refractivity (Wildman–Crippen MR) is 135 cm³/mol. The monoisotopic (exact) mass is 434 g/mol. The van der Waals surface area contributed by atoms with Gasteiger partial charge in [0, 0.05) is 5.92 Å². The van der Waals surface area contributed by atoms with Gasteiger partial charge < -0.3 is 9.47 Å². The van der Waals surface area contributed by atoms with E-state index in [1.165, 1.54) is 48.0 Å². The van der Waals surface area contributed by atoms with Crippen molar-refractivity contribution in [1.29, 1.82) is 0 Å². The van der Waals surface area contributed by atoms with Crippen LogP contribution >= 0.6 is 0 Å². The minimum absolute atomic E-state index is 0.160. The van der Waals surface area contributed by atoms with Crippen molar-refractivity contribution >= 4 is 5.57 Å². The summed E-state index contributed by atoms with van der Waals surface area (Å²) < 4.78 is 12.3. The van der Waals surface area contributed by atoms with E-state index in [1.54, 1.807) is 0 Å². The summed E-state index contributed by atoms with van der Waals surface area (Å²) in [6, 6.07) is 6.71. The molecular formula is C30H42O2. The van der Waals surface area contributed by atoms with E-state index in [-0.39, 0.29) is 10.8 Å². The van der Waals surface area contributed by atoms with Crippen molar-refractivity contribution in [2.24, 2.45) is 22.7 Å². The molecule has 0 bridgehead atoms. The van der Waals surface area contributed by atoms with Crippen LogP contribution in [-0.2, 0) is 4.74 Å². The van der Waals surface area contributed by atoms with Crippen molar-refractivity contribution in [3.63, 3.8) is 0 Å². The highest BCUT2D eigenvalue weighted by atomic mass is 16.5. The molecular weight excluding hydrogens is 392 g/mol. The third-order valence-electron chi connectivity index (χ3n) is 6.47. The second kappa shape index (κ2) is 8.76. The van der Waals surface area contributed by atoms with Gasteiger partial charge in [-0.05, 0) is 95.8 Å². The van der Waals surface area contributed by atoms with Crippen molar-refractivity contribution in [2.75, 3.05) is 13.2 Å². The van der Waals surface area contributed by atoms with Crippen LogP contribution in [0, 0.1) is 22.7 Å². The summed E-state index contributed by atoms with van der Waals surface area (Å²) in [4.78, 5) is 0. The molecule has 0 N–H and O–H groups in total. The Morgan fingerprint density at radius 1 is 0.906 bits per heavy atom. The Hall–Kier alpha value is -1.96. The molecule has 3 aliphatic carbocycles. The molecule has 1 unspecified atom stereocenters. The fraction of sp³-hybridized carbons (Fsp3) is 0.600. The Kier molecular flexibility index (Phi) is 6.36. The van der Waals surface area contributed by atoms with E-state index in [0.717, 1.165) is 31.1 Å². The van der Waals surface area contributed by atoms with Gasteiger partial charge in [-0.15, -0.1) is 0 Å². The van der Waals surface area contributed by atoms with Crippen molar-refractivity contribution in [3.8, 4) is 5.75 Å². The Balaban J connectivity index is 1.53. The van der Waals surface area contributed by atoms with Gasteiger partial charge in [0.15, 0.2) is 0 Å². The first-order valence-electron chi connectivity index (χ1n) is 12.5. The average molecular weight is 435 g/mol. The molecule has 0 radical (unpaired) electrons. The Bertz CT molecular complexity index is 911. The van der Waals surface area contributed by atoms with E-state index in [0.29, 0.717) is 17.8 Å². The van der Waals surface area contributed by atoms with E-state index in [9.17, 15) is 0 Å². The average Bonchev–Trinajstić information content (AvgIpc) is 3.62. The van der Waals surface area contributed by atoms with Gasteiger partial charge in [0.25, 0.3) is 0 Å². The fourth-order valence-corrected chi connectivity index (χ4v) is 4.40. The lowest BCUT2D eigenvalue weighted by Crippen LogP contribution is -2.17. The number of rotatable bonds is 8. The highest BCUT2D eigenvalue weighted by molar-refractivity contribution is 5.73. The zero-order valence-electron chi connectivity index (χ0n) is 21.1. The minimum Gasteiger partial charge on any atom is -0.493 e. The fourth-order valence-electron chi connectivity index (χ4n) is 4.40. The van der Waals surface area contributed by atoms with Crippen LogP contribution in [0.4, 0.5) is 0 Å². The van der Waals surface area contributed by atoms with Crippen LogP contribution in [0.25, 0.3) is 5.57 Å². The molecule has 4 rings (SSSR count). The van der Waals surface area contributed by atoms with E-state index in [2.05, 4.69) is 78.5 Å². The van der Waals surface area contributed by atoms with Crippen LogP contribution in [0.3, 0.4) is 0 Å². The van der Waals surface area contributed by atoms with Gasteiger partial charge in [-0.1, -0.05) is 59.8 Å². The summed E-state index contributed by atoms with van der Waals surface area (Å²) in [6.45, 7) is 19.5. The standard InChI is InChI=1S/C30H42O2/c1-20(25-14-12-23(31-18-29(2,3)4)16-27(25)21-8-9-21)26-15-13-24(32-19-30(5,6)7)17-28(26)22-10-11-22/h12-14,16-17,21-22,26H,1,8-11,15,18-19H2,2-7H3. The Morgan fingerprint density at radius 2 is 1.53 bits per heavy atom. The van der Waals surface area contributed by atoms with Crippen molar-refractivity contribution in [3.05, 3.63) is 59.4 Å². The smallest absolute Gasteiger partial charge is 0.119 e. The summed E-state index contributed by atoms with van der Waals surface area (Å²) in [5, 5.41) is 0. The molecule has 2 heteroatoms. The highest BCUT2D eigenvalue weighted by Gasteiger charge is 2.36. The van der Waals surface area contributed by atoms with Crippen molar-refractivity contribution in [2.45, 2.75) is 79.6 Å². The summed E-state index contributed by atoms with van der Waals surface area (Å²) >= 11 is 0. The second-order valence-electron chi connectivity index (χ2n) is 12.6. The first kappa shape index (κ1) is 23.2. The molecule has 2 nitrogen and oxygen atoms in total. The third-order valence-corrected chi connectivity index (χ3v) is 6.47. The third kappa shape index (κ3) is 6.09. The van der Waals surface area contributed by atoms with Crippen LogP contribution in [0.15, 0.2) is 48.3 Å². The van der Waals surface area contributed by atoms with Gasteiger partial charge in [-0.3, -0.25) is 0 Å². The quantitative estimate of drug-likeness (QED) is 0.409. The van der Waals surface area contributed by atoms with E-state index >= 15 is 0 Å². The van der Waals surface area contributed by atoms with Crippen molar-refractivity contribution in [1.82, 2.24) is 0 Å². The molecule has 0 amide bonds. The number of allylic oxidation sites excluding steroid dienone is 4. The lowest BCUT2D eigenvalue weighted by Gasteiger charge is -2.29. The molecule has 174 valence electrons. The molecule has 1 aromatic rings. The number of benzene rings is 1. The molecule has 3 aliphatic rings. The number of hydrogen-bond donors (Lipinski definition) is 0. The van der Waals surface area contributed by atoms with Gasteiger partial charge in [0.1, 0.15) is 11.5 Å². The van der Waals surface area contributed by atoms with E-state index in [1.807, 2.05) is 0 Å². The van der Waals surface area contributed by atoms with E-state index < -0.39 is 0 Å². The zero-order chi connectivity index (χ0) is 23.1. The summed E-state index contributed by atoms with van der Waals surface area (Å²) in [7, 11) is 0. The molecule has 0 aliphatic heterocycles. The maximum atomic E-state index is 6.17. The van der Waals surface area contributed by atoms with Gasteiger partial charge in [0.2, 0.25) is 0 Å². The molecule has 0 saturated heterocycles. The maximum Gasteiger partial charge on any atom is 0.119 e. The van der Waals surface area contributed by atoms with Gasteiger partial charge >= 0.3 is 0 Å². The molecule has 0 heterocycles. The zero-order valence-corrected chi connectivity index (χ0v) is 21.1. The van der Waals surface area contributed by atoms with Crippen LogP contribution in [0.5, 0.6) is 5.75 Å². The van der Waals surface area contributed by atoms with Gasteiger partial charge in [-0.25, -0.2) is 0 Å². The van der Waals surface area contributed by atoms with Crippen molar-refractivity contribution < 1.29 is 9.47 Å². The summed E-state index contributed by atoms with van der Waals surface area (Å²) in [6.07, 6.45) is 10.8. The first-order chi connectivity index (χ1) is 15.0. The topological polar surface area (TPSA) is 18.5 Å². The SMILES string of the molecule is C=C(c1ccc(OCC(C)(C)C)cc1C1CC1)C1CC=C(OCC(C)(C)C)C=C1C1CC1. The van der Waals surface area contributed by atoms with Gasteiger partial charge in [0.05, 0.1) is 13.2 Å². The second-order valence-corrected chi connectivity index (χ2v) is 12.6. The van der Waals surface area contributed by atoms with Crippen LogP contribution in [0.2, 0.25) is 0 Å². The van der Waals surface area contributed by atoms with Gasteiger partial charge in [-0.2, -0.15) is 0 Å². The molecule has 1 aromatic carbocycles. The molecule has 1 atom stereocenters. The normalized spacial score (nSPS) is 21.6. The molecule has 0 spiro atoms.